The molecule has 0 spiro atoms. The number of amidine groups is 1. The first-order chi connectivity index (χ1) is 9.11. The highest BCUT2D eigenvalue weighted by atomic mass is 16.4. The summed E-state index contributed by atoms with van der Waals surface area (Å²) in [7, 11) is 1.95. The van der Waals surface area contributed by atoms with Crippen LogP contribution >= 0.6 is 0 Å². The van der Waals surface area contributed by atoms with Gasteiger partial charge in [-0.25, -0.2) is 4.98 Å². The summed E-state index contributed by atoms with van der Waals surface area (Å²) in [5.41, 5.74) is 7.56. The monoisotopic (exact) mass is 258 g/mol. The number of hydrogen-bond acceptors (Lipinski definition) is 4. The molecule has 1 aromatic carbocycles. The van der Waals surface area contributed by atoms with Crippen LogP contribution in [-0.4, -0.2) is 29.6 Å². The lowest BCUT2D eigenvalue weighted by Crippen LogP contribution is -2.25. The van der Waals surface area contributed by atoms with Crippen molar-refractivity contribution in [2.75, 3.05) is 18.5 Å². The molecule has 0 radical (unpaired) electrons. The number of para-hydroxylation sites is 1. The van der Waals surface area contributed by atoms with E-state index in [-0.39, 0.29) is 5.84 Å². The Morgan fingerprint density at radius 1 is 1.42 bits per heavy atom. The summed E-state index contributed by atoms with van der Waals surface area (Å²) in [6, 6.07) is 10.2. The number of benzene rings is 1. The fraction of sp³-hybridized carbons (Fsp3) is 0.286. The molecule has 5 heteroatoms. The predicted octanol–water partition coefficient (Wildman–Crippen LogP) is 2.12. The lowest BCUT2D eigenvalue weighted by Gasteiger charge is -2.20. The summed E-state index contributed by atoms with van der Waals surface area (Å²) in [4.78, 5) is 6.67. The first-order valence-electron chi connectivity index (χ1n) is 6.15. The molecule has 3 N–H and O–H groups in total. The maximum absolute atomic E-state index is 8.54. The van der Waals surface area contributed by atoms with Crippen molar-refractivity contribution >= 4 is 22.6 Å². The zero-order chi connectivity index (χ0) is 13.8. The number of nitrogens with two attached hydrogens (primary N) is 1. The molecule has 0 saturated heterocycles. The van der Waals surface area contributed by atoms with Crippen LogP contribution in [0.4, 0.5) is 5.82 Å². The largest absolute Gasteiger partial charge is 0.409 e. The zero-order valence-corrected chi connectivity index (χ0v) is 11.2. The lowest BCUT2D eigenvalue weighted by atomic mass is 10.1. The molecule has 0 fully saturated rings. The zero-order valence-electron chi connectivity index (χ0n) is 11.2. The van der Waals surface area contributed by atoms with E-state index in [1.54, 1.807) is 0 Å². The smallest absolute Gasteiger partial charge is 0.140 e. The number of hydrogen-bond donors (Lipinski definition) is 2. The maximum Gasteiger partial charge on any atom is 0.140 e. The third kappa shape index (κ3) is 2.93. The fourth-order valence-corrected chi connectivity index (χ4v) is 2.04. The second-order valence-corrected chi connectivity index (χ2v) is 4.58. The summed E-state index contributed by atoms with van der Waals surface area (Å²) in [5, 5.41) is 12.6. The quantitative estimate of drug-likeness (QED) is 0.381. The van der Waals surface area contributed by atoms with Crippen molar-refractivity contribution in [1.82, 2.24) is 4.98 Å². The van der Waals surface area contributed by atoms with E-state index in [9.17, 15) is 0 Å². The van der Waals surface area contributed by atoms with Crippen LogP contribution in [0.5, 0.6) is 0 Å². The summed E-state index contributed by atoms with van der Waals surface area (Å²) in [5.74, 6) is 1.15. The second-order valence-electron chi connectivity index (χ2n) is 4.58. The highest BCUT2D eigenvalue weighted by molar-refractivity contribution is 5.82. The number of aryl methyl sites for hydroxylation is 1. The van der Waals surface area contributed by atoms with Gasteiger partial charge in [0.1, 0.15) is 11.7 Å². The molecular weight excluding hydrogens is 240 g/mol. The number of oxime groups is 1. The summed E-state index contributed by atoms with van der Waals surface area (Å²) >= 11 is 0. The van der Waals surface area contributed by atoms with Crippen LogP contribution in [0, 0.1) is 6.92 Å². The third-order valence-corrected chi connectivity index (χ3v) is 3.08. The van der Waals surface area contributed by atoms with Crippen molar-refractivity contribution in [2.24, 2.45) is 10.9 Å². The molecule has 100 valence electrons. The SMILES string of the molecule is Cc1cc2ccccc2nc1N(C)CCC(N)=NO. The van der Waals surface area contributed by atoms with Crippen molar-refractivity contribution < 1.29 is 5.21 Å². The van der Waals surface area contributed by atoms with E-state index in [0.717, 1.165) is 22.3 Å². The Kier molecular flexibility index (Phi) is 3.85. The summed E-state index contributed by atoms with van der Waals surface area (Å²) in [6.45, 7) is 2.69. The van der Waals surface area contributed by atoms with Crippen LogP contribution in [0.1, 0.15) is 12.0 Å². The first-order valence-corrected chi connectivity index (χ1v) is 6.15. The van der Waals surface area contributed by atoms with Crippen LogP contribution in [0.3, 0.4) is 0 Å². The molecule has 2 aromatic rings. The molecule has 1 aromatic heterocycles. The minimum atomic E-state index is 0.227. The molecule has 0 saturated carbocycles. The van der Waals surface area contributed by atoms with Gasteiger partial charge in [0.25, 0.3) is 0 Å². The van der Waals surface area contributed by atoms with Crippen LogP contribution in [0.15, 0.2) is 35.5 Å². The van der Waals surface area contributed by atoms with Crippen LogP contribution in [-0.2, 0) is 0 Å². The van der Waals surface area contributed by atoms with Crippen LogP contribution < -0.4 is 10.6 Å². The number of aromatic nitrogens is 1. The molecule has 19 heavy (non-hydrogen) atoms. The number of nitrogens with zero attached hydrogens (tertiary/aromatic N) is 3. The highest BCUT2D eigenvalue weighted by Gasteiger charge is 2.08. The van der Waals surface area contributed by atoms with Crippen molar-refractivity contribution in [2.45, 2.75) is 13.3 Å². The normalized spacial score (nSPS) is 11.8. The number of fused-ring (bicyclic) bond motifs is 1. The second kappa shape index (κ2) is 5.56. The molecule has 0 unspecified atom stereocenters. The molecule has 1 heterocycles. The maximum atomic E-state index is 8.54. The summed E-state index contributed by atoms with van der Waals surface area (Å²) in [6.07, 6.45) is 0.501. The Bertz CT molecular complexity index is 609. The minimum Gasteiger partial charge on any atom is -0.409 e. The Morgan fingerprint density at radius 3 is 2.89 bits per heavy atom. The van der Waals surface area contributed by atoms with Crippen molar-refractivity contribution in [3.8, 4) is 0 Å². The van der Waals surface area contributed by atoms with E-state index in [2.05, 4.69) is 22.3 Å². The number of pyridine rings is 1. The Morgan fingerprint density at radius 2 is 2.16 bits per heavy atom. The van der Waals surface area contributed by atoms with Gasteiger partial charge in [0, 0.05) is 25.4 Å². The van der Waals surface area contributed by atoms with E-state index in [1.165, 1.54) is 0 Å². The number of anilines is 1. The standard InChI is InChI=1S/C14H18N4O/c1-10-9-11-5-3-4-6-12(11)16-14(10)18(2)8-7-13(15)17-19/h3-6,9,19H,7-8H2,1-2H3,(H2,15,17). The van der Waals surface area contributed by atoms with Gasteiger partial charge in [0.05, 0.1) is 5.52 Å². The Hall–Kier alpha value is -2.30. The molecule has 0 aliphatic rings. The average Bonchev–Trinajstić information content (AvgIpc) is 2.43. The van der Waals surface area contributed by atoms with Crippen LogP contribution in [0.2, 0.25) is 0 Å². The Labute approximate surface area is 112 Å². The molecule has 0 aliphatic heterocycles. The first kappa shape index (κ1) is 13.1. The van der Waals surface area contributed by atoms with E-state index < -0.39 is 0 Å². The van der Waals surface area contributed by atoms with E-state index in [4.69, 9.17) is 10.9 Å². The van der Waals surface area contributed by atoms with Gasteiger partial charge < -0.3 is 15.8 Å². The van der Waals surface area contributed by atoms with Gasteiger partial charge in [0.2, 0.25) is 0 Å². The molecule has 0 bridgehead atoms. The molecule has 5 nitrogen and oxygen atoms in total. The highest BCUT2D eigenvalue weighted by Crippen LogP contribution is 2.22. The Balaban J connectivity index is 2.26. The molecule has 0 atom stereocenters. The van der Waals surface area contributed by atoms with Gasteiger partial charge in [-0.15, -0.1) is 0 Å². The fourth-order valence-electron chi connectivity index (χ4n) is 2.04. The van der Waals surface area contributed by atoms with Crippen molar-refractivity contribution in [3.05, 3.63) is 35.9 Å². The van der Waals surface area contributed by atoms with Gasteiger partial charge in [-0.1, -0.05) is 23.4 Å². The predicted molar refractivity (Wildman–Crippen MR) is 77.8 cm³/mol. The van der Waals surface area contributed by atoms with E-state index in [0.29, 0.717) is 13.0 Å². The van der Waals surface area contributed by atoms with E-state index >= 15 is 0 Å². The van der Waals surface area contributed by atoms with Gasteiger partial charge in [-0.05, 0) is 24.6 Å². The summed E-state index contributed by atoms with van der Waals surface area (Å²) < 4.78 is 0. The average molecular weight is 258 g/mol. The lowest BCUT2D eigenvalue weighted by molar-refractivity contribution is 0.317. The van der Waals surface area contributed by atoms with Crippen LogP contribution in [0.25, 0.3) is 10.9 Å². The molecule has 0 aliphatic carbocycles. The molecule has 0 amide bonds. The van der Waals surface area contributed by atoms with Crippen molar-refractivity contribution in [1.29, 1.82) is 0 Å². The van der Waals surface area contributed by atoms with E-state index in [1.807, 2.05) is 37.1 Å². The van der Waals surface area contributed by atoms with Gasteiger partial charge >= 0.3 is 0 Å². The number of rotatable bonds is 4. The molecule has 2 rings (SSSR count). The molecular formula is C14H18N4O. The van der Waals surface area contributed by atoms with Gasteiger partial charge in [-0.3, -0.25) is 0 Å². The topological polar surface area (TPSA) is 74.7 Å². The van der Waals surface area contributed by atoms with Gasteiger partial charge in [-0.2, -0.15) is 0 Å². The van der Waals surface area contributed by atoms with Gasteiger partial charge in [0.15, 0.2) is 0 Å². The minimum absolute atomic E-state index is 0.227. The van der Waals surface area contributed by atoms with Crippen molar-refractivity contribution in [3.63, 3.8) is 0 Å². The third-order valence-electron chi connectivity index (χ3n) is 3.08.